The summed E-state index contributed by atoms with van der Waals surface area (Å²) in [6, 6.07) is 3.78. The van der Waals surface area contributed by atoms with Gasteiger partial charge >= 0.3 is 6.18 Å². The van der Waals surface area contributed by atoms with Gasteiger partial charge in [0, 0.05) is 11.9 Å². The quantitative estimate of drug-likeness (QED) is 0.666. The van der Waals surface area contributed by atoms with Crippen LogP contribution in [0.4, 0.5) is 23.2 Å². The van der Waals surface area contributed by atoms with E-state index in [1.807, 2.05) is 0 Å². The Morgan fingerprint density at radius 2 is 1.90 bits per heavy atom. The van der Waals surface area contributed by atoms with Gasteiger partial charge in [-0.1, -0.05) is 11.6 Å². The number of nitrogens with two attached hydrogens (primary N) is 1. The van der Waals surface area contributed by atoms with Crippen LogP contribution in [0.2, 0.25) is 5.02 Å². The van der Waals surface area contributed by atoms with E-state index in [2.05, 4.69) is 4.98 Å². The largest absolute Gasteiger partial charge is 0.436 e. The van der Waals surface area contributed by atoms with Gasteiger partial charge in [0.2, 0.25) is 0 Å². The maximum Gasteiger partial charge on any atom is 0.420 e. The maximum atomic E-state index is 13.5. The number of hydrogen-bond acceptors (Lipinski definition) is 3. The van der Waals surface area contributed by atoms with Gasteiger partial charge in [0.25, 0.3) is 5.88 Å². The Hall–Kier alpha value is -2.02. The molecular weight excluding hydrogens is 300 g/mol. The summed E-state index contributed by atoms with van der Waals surface area (Å²) >= 11 is 5.49. The number of pyridine rings is 1. The Balaban J connectivity index is 2.43. The minimum atomic E-state index is -4.69. The van der Waals surface area contributed by atoms with E-state index in [9.17, 15) is 17.6 Å². The number of nitrogen functional groups attached to an aromatic ring is 1. The molecular formula is C12H7ClF4N2O. The maximum absolute atomic E-state index is 13.5. The molecule has 0 unspecified atom stereocenters. The molecule has 0 aliphatic carbocycles. The molecule has 0 amide bonds. The molecule has 0 bridgehead atoms. The van der Waals surface area contributed by atoms with Gasteiger partial charge < -0.3 is 10.5 Å². The van der Waals surface area contributed by atoms with Crippen LogP contribution >= 0.6 is 11.6 Å². The minimum Gasteiger partial charge on any atom is -0.436 e. The minimum absolute atomic E-state index is 0.00296. The van der Waals surface area contributed by atoms with Crippen molar-refractivity contribution in [2.45, 2.75) is 6.18 Å². The molecule has 8 heteroatoms. The fraction of sp³-hybridized carbons (Fsp3) is 0.0833. The Morgan fingerprint density at radius 3 is 2.50 bits per heavy atom. The lowest BCUT2D eigenvalue weighted by Crippen LogP contribution is -2.08. The molecule has 0 spiro atoms. The van der Waals surface area contributed by atoms with E-state index in [1.54, 1.807) is 0 Å². The fourth-order valence-corrected chi connectivity index (χ4v) is 1.58. The lowest BCUT2D eigenvalue weighted by Gasteiger charge is -2.14. The molecule has 1 heterocycles. The first-order valence-corrected chi connectivity index (χ1v) is 5.61. The van der Waals surface area contributed by atoms with Crippen LogP contribution in [0, 0.1) is 5.82 Å². The molecule has 0 atom stereocenters. The summed E-state index contributed by atoms with van der Waals surface area (Å²) in [7, 11) is 0. The molecule has 1 aromatic carbocycles. The van der Waals surface area contributed by atoms with Gasteiger partial charge in [0.1, 0.15) is 11.3 Å². The highest BCUT2D eigenvalue weighted by Gasteiger charge is 2.35. The van der Waals surface area contributed by atoms with Crippen molar-refractivity contribution >= 4 is 17.3 Å². The number of alkyl halides is 3. The van der Waals surface area contributed by atoms with Crippen molar-refractivity contribution in [3.8, 4) is 11.6 Å². The smallest absolute Gasteiger partial charge is 0.420 e. The van der Waals surface area contributed by atoms with E-state index in [4.69, 9.17) is 22.1 Å². The Bertz CT molecular complexity index is 646. The van der Waals surface area contributed by atoms with E-state index in [0.29, 0.717) is 6.07 Å². The molecule has 20 heavy (non-hydrogen) atoms. The first-order valence-electron chi connectivity index (χ1n) is 5.23. The van der Waals surface area contributed by atoms with Gasteiger partial charge in [0.15, 0.2) is 5.82 Å². The third-order valence-electron chi connectivity index (χ3n) is 2.29. The topological polar surface area (TPSA) is 48.1 Å². The Morgan fingerprint density at radius 1 is 1.20 bits per heavy atom. The van der Waals surface area contributed by atoms with Crippen LogP contribution < -0.4 is 10.5 Å². The molecule has 106 valence electrons. The monoisotopic (exact) mass is 306 g/mol. The number of aromatic nitrogens is 1. The fourth-order valence-electron chi connectivity index (χ4n) is 1.44. The highest BCUT2D eigenvalue weighted by Crippen LogP contribution is 2.39. The molecule has 2 N–H and O–H groups in total. The van der Waals surface area contributed by atoms with Gasteiger partial charge in [-0.3, -0.25) is 0 Å². The summed E-state index contributed by atoms with van der Waals surface area (Å²) in [5, 5.41) is 0.00296. The molecule has 0 saturated heterocycles. The summed E-state index contributed by atoms with van der Waals surface area (Å²) < 4.78 is 56.8. The van der Waals surface area contributed by atoms with Gasteiger partial charge in [-0.25, -0.2) is 9.37 Å². The summed E-state index contributed by atoms with van der Waals surface area (Å²) in [5.74, 6) is -2.17. The SMILES string of the molecule is Nc1ccc(Oc2ncc(Cl)cc2F)c(C(F)(F)F)c1. The number of hydrogen-bond donors (Lipinski definition) is 1. The number of ether oxygens (including phenoxy) is 1. The van der Waals surface area contributed by atoms with E-state index in [0.717, 1.165) is 18.3 Å². The van der Waals surface area contributed by atoms with Gasteiger partial charge in [-0.2, -0.15) is 13.2 Å². The van der Waals surface area contributed by atoms with Crippen LogP contribution in [0.1, 0.15) is 5.56 Å². The molecule has 0 fully saturated rings. The van der Waals surface area contributed by atoms with Gasteiger partial charge in [0.05, 0.1) is 5.02 Å². The molecule has 0 saturated carbocycles. The second kappa shape index (κ2) is 5.16. The van der Waals surface area contributed by atoms with Crippen molar-refractivity contribution in [3.63, 3.8) is 0 Å². The first kappa shape index (κ1) is 14.4. The van der Waals surface area contributed by atoms with E-state index in [1.165, 1.54) is 6.07 Å². The van der Waals surface area contributed by atoms with Crippen LogP contribution in [0.3, 0.4) is 0 Å². The molecule has 0 aliphatic heterocycles. The van der Waals surface area contributed by atoms with Gasteiger partial charge in [-0.05, 0) is 24.3 Å². The molecule has 3 nitrogen and oxygen atoms in total. The Kier molecular flexibility index (Phi) is 3.71. The average Bonchev–Trinajstić information content (AvgIpc) is 2.33. The third kappa shape index (κ3) is 3.11. The van der Waals surface area contributed by atoms with E-state index >= 15 is 0 Å². The number of benzene rings is 1. The second-order valence-corrected chi connectivity index (χ2v) is 4.23. The standard InChI is InChI=1S/C12H7ClF4N2O/c13-6-3-9(14)11(19-5-6)20-10-2-1-7(18)4-8(10)12(15,16)17/h1-5H,18H2. The van der Waals surface area contributed by atoms with E-state index in [-0.39, 0.29) is 10.7 Å². The lowest BCUT2D eigenvalue weighted by molar-refractivity contribution is -0.138. The number of rotatable bonds is 2. The summed E-state index contributed by atoms with van der Waals surface area (Å²) in [6.07, 6.45) is -3.63. The number of anilines is 1. The molecule has 2 rings (SSSR count). The predicted molar refractivity (Wildman–Crippen MR) is 65.1 cm³/mol. The number of nitrogens with zero attached hydrogens (tertiary/aromatic N) is 1. The van der Waals surface area contributed by atoms with Gasteiger partial charge in [-0.15, -0.1) is 0 Å². The van der Waals surface area contributed by atoms with Crippen molar-refractivity contribution in [1.82, 2.24) is 4.98 Å². The molecule has 0 radical (unpaired) electrons. The van der Waals surface area contributed by atoms with Crippen molar-refractivity contribution in [1.29, 1.82) is 0 Å². The van der Waals surface area contributed by atoms with Crippen LogP contribution in [0.5, 0.6) is 11.6 Å². The third-order valence-corrected chi connectivity index (χ3v) is 2.50. The Labute approximate surface area is 115 Å². The first-order chi connectivity index (χ1) is 9.27. The van der Waals surface area contributed by atoms with Crippen LogP contribution in [-0.4, -0.2) is 4.98 Å². The van der Waals surface area contributed by atoms with Crippen molar-refractivity contribution in [2.24, 2.45) is 0 Å². The highest BCUT2D eigenvalue weighted by atomic mass is 35.5. The van der Waals surface area contributed by atoms with E-state index < -0.39 is 29.2 Å². The zero-order valence-electron chi connectivity index (χ0n) is 9.71. The normalized spacial score (nSPS) is 11.4. The summed E-state index contributed by atoms with van der Waals surface area (Å²) in [6.45, 7) is 0. The highest BCUT2D eigenvalue weighted by molar-refractivity contribution is 6.30. The second-order valence-electron chi connectivity index (χ2n) is 3.80. The zero-order chi connectivity index (χ0) is 14.9. The summed E-state index contributed by atoms with van der Waals surface area (Å²) in [4.78, 5) is 3.49. The molecule has 0 aliphatic rings. The van der Waals surface area contributed by atoms with Crippen LogP contribution in [0.15, 0.2) is 30.5 Å². The molecule has 2 aromatic rings. The summed E-state index contributed by atoms with van der Waals surface area (Å²) in [5.41, 5.74) is 4.10. The van der Waals surface area contributed by atoms with Crippen molar-refractivity contribution in [3.05, 3.63) is 46.9 Å². The zero-order valence-corrected chi connectivity index (χ0v) is 10.5. The van der Waals surface area contributed by atoms with Crippen LogP contribution in [-0.2, 0) is 6.18 Å². The molecule has 1 aromatic heterocycles. The van der Waals surface area contributed by atoms with Crippen LogP contribution in [0.25, 0.3) is 0 Å². The van der Waals surface area contributed by atoms with Crippen molar-refractivity contribution in [2.75, 3.05) is 5.73 Å². The number of halogens is 5. The van der Waals surface area contributed by atoms with Crippen molar-refractivity contribution < 1.29 is 22.3 Å². The lowest BCUT2D eigenvalue weighted by atomic mass is 10.1. The average molecular weight is 307 g/mol. The predicted octanol–water partition coefficient (Wildman–Crippen LogP) is 4.27.